The number of nitrogens with one attached hydrogen (secondary N) is 1. The minimum Gasteiger partial charge on any atom is -0.480 e. The maximum atomic E-state index is 11.2. The molecule has 5 heteroatoms. The van der Waals surface area contributed by atoms with Crippen LogP contribution in [-0.2, 0) is 14.3 Å². The van der Waals surface area contributed by atoms with Crippen LogP contribution in [-0.4, -0.2) is 36.7 Å². The Hall–Kier alpha value is -1.10. The predicted molar refractivity (Wildman–Crippen MR) is 60.2 cm³/mol. The van der Waals surface area contributed by atoms with Crippen LogP contribution in [0.1, 0.15) is 39.0 Å². The third kappa shape index (κ3) is 11.0. The maximum Gasteiger partial charge on any atom is 0.329 e. The first-order valence-corrected chi connectivity index (χ1v) is 5.73. The number of carbonyl (C=O) groups excluding carboxylic acids is 1. The van der Waals surface area contributed by atoms with Gasteiger partial charge in [0.15, 0.2) is 0 Å². The molecule has 0 atom stereocenters. The molecule has 0 aromatic rings. The molecule has 0 saturated carbocycles. The quantitative estimate of drug-likeness (QED) is 0.553. The van der Waals surface area contributed by atoms with E-state index in [1.165, 1.54) is 0 Å². The molecule has 0 fully saturated rings. The molecule has 0 radical (unpaired) electrons. The summed E-state index contributed by atoms with van der Waals surface area (Å²) in [6.45, 7) is 2.43. The van der Waals surface area contributed by atoms with Crippen LogP contribution in [0.4, 0.5) is 0 Å². The molecule has 0 aliphatic carbocycles. The first-order valence-electron chi connectivity index (χ1n) is 5.73. The number of ether oxygens (including phenoxy) is 1. The number of rotatable bonds is 10. The monoisotopic (exact) mass is 231 g/mol. The van der Waals surface area contributed by atoms with Crippen LogP contribution in [0.15, 0.2) is 0 Å². The van der Waals surface area contributed by atoms with Gasteiger partial charge >= 0.3 is 5.97 Å². The standard InChI is InChI=1S/C11H21NO4/c1-2-3-4-5-6-10(13)12-7-8-16-9-11(14)15/h2-9H2,1H3,(H,12,13)(H,14,15). The van der Waals surface area contributed by atoms with Gasteiger partial charge in [-0.25, -0.2) is 4.79 Å². The summed E-state index contributed by atoms with van der Waals surface area (Å²) in [6.07, 6.45) is 4.85. The lowest BCUT2D eigenvalue weighted by molar-refractivity contribution is -0.142. The molecule has 0 aliphatic heterocycles. The summed E-state index contributed by atoms with van der Waals surface area (Å²) in [5.74, 6) is -0.985. The Morgan fingerprint density at radius 3 is 2.62 bits per heavy atom. The highest BCUT2D eigenvalue weighted by molar-refractivity contribution is 5.75. The molecule has 0 aromatic carbocycles. The molecular formula is C11H21NO4. The summed E-state index contributed by atoms with van der Waals surface area (Å²) >= 11 is 0. The highest BCUT2D eigenvalue weighted by Gasteiger charge is 2.00. The lowest BCUT2D eigenvalue weighted by Gasteiger charge is -2.04. The van der Waals surface area contributed by atoms with E-state index in [4.69, 9.17) is 9.84 Å². The summed E-state index contributed by atoms with van der Waals surface area (Å²) in [6, 6.07) is 0. The van der Waals surface area contributed by atoms with Crippen molar-refractivity contribution in [3.05, 3.63) is 0 Å². The van der Waals surface area contributed by atoms with Gasteiger partial charge in [-0.05, 0) is 6.42 Å². The molecule has 0 saturated heterocycles. The van der Waals surface area contributed by atoms with Crippen LogP contribution >= 0.6 is 0 Å². The van der Waals surface area contributed by atoms with Gasteiger partial charge in [-0.3, -0.25) is 4.79 Å². The SMILES string of the molecule is CCCCCCC(=O)NCCOCC(=O)O. The van der Waals surface area contributed by atoms with Gasteiger partial charge in [-0.15, -0.1) is 0 Å². The molecule has 5 nitrogen and oxygen atoms in total. The van der Waals surface area contributed by atoms with Crippen LogP contribution in [0.5, 0.6) is 0 Å². The summed E-state index contributed by atoms with van der Waals surface area (Å²) in [5, 5.41) is 11.0. The van der Waals surface area contributed by atoms with Gasteiger partial charge in [0.05, 0.1) is 6.61 Å². The second kappa shape index (κ2) is 10.4. The minimum atomic E-state index is -0.995. The van der Waals surface area contributed by atoms with Crippen LogP contribution < -0.4 is 5.32 Å². The van der Waals surface area contributed by atoms with Gasteiger partial charge < -0.3 is 15.2 Å². The van der Waals surface area contributed by atoms with Gasteiger partial charge in [-0.2, -0.15) is 0 Å². The number of aliphatic carboxylic acids is 1. The van der Waals surface area contributed by atoms with Gasteiger partial charge in [0.2, 0.25) is 5.91 Å². The highest BCUT2D eigenvalue weighted by Crippen LogP contribution is 2.01. The van der Waals surface area contributed by atoms with Crippen molar-refractivity contribution >= 4 is 11.9 Å². The van der Waals surface area contributed by atoms with Crippen molar-refractivity contribution < 1.29 is 19.4 Å². The van der Waals surface area contributed by atoms with E-state index >= 15 is 0 Å². The molecule has 0 unspecified atom stereocenters. The van der Waals surface area contributed by atoms with E-state index in [0.29, 0.717) is 13.0 Å². The molecule has 0 heterocycles. The smallest absolute Gasteiger partial charge is 0.329 e. The van der Waals surface area contributed by atoms with E-state index < -0.39 is 5.97 Å². The van der Waals surface area contributed by atoms with E-state index in [2.05, 4.69) is 12.2 Å². The van der Waals surface area contributed by atoms with Gasteiger partial charge in [-0.1, -0.05) is 26.2 Å². The van der Waals surface area contributed by atoms with Crippen LogP contribution in [0, 0.1) is 0 Å². The fourth-order valence-corrected chi connectivity index (χ4v) is 1.22. The van der Waals surface area contributed by atoms with E-state index in [0.717, 1.165) is 25.7 Å². The topological polar surface area (TPSA) is 75.6 Å². The van der Waals surface area contributed by atoms with E-state index in [9.17, 15) is 9.59 Å². The molecular weight excluding hydrogens is 210 g/mol. The average Bonchev–Trinajstić information content (AvgIpc) is 2.23. The lowest BCUT2D eigenvalue weighted by Crippen LogP contribution is -2.27. The number of carboxylic acid groups (broad SMARTS) is 1. The Balaban J connectivity index is 3.20. The van der Waals surface area contributed by atoms with E-state index in [1.807, 2.05) is 0 Å². The summed E-state index contributed by atoms with van der Waals surface area (Å²) < 4.78 is 4.77. The number of hydrogen-bond donors (Lipinski definition) is 2. The van der Waals surface area contributed by atoms with Crippen molar-refractivity contribution in [3.8, 4) is 0 Å². The van der Waals surface area contributed by atoms with Crippen LogP contribution in [0.25, 0.3) is 0 Å². The van der Waals surface area contributed by atoms with Gasteiger partial charge in [0.25, 0.3) is 0 Å². The molecule has 0 rings (SSSR count). The normalized spacial score (nSPS) is 10.1. The Kier molecular flexibility index (Phi) is 9.70. The third-order valence-corrected chi connectivity index (χ3v) is 2.05. The molecule has 0 aliphatic rings. The zero-order chi connectivity index (χ0) is 12.2. The van der Waals surface area contributed by atoms with Crippen LogP contribution in [0.2, 0.25) is 0 Å². The Labute approximate surface area is 96.2 Å². The number of carbonyl (C=O) groups is 2. The molecule has 0 aromatic heterocycles. The second-order valence-electron chi connectivity index (χ2n) is 3.61. The first-order chi connectivity index (χ1) is 7.66. The van der Waals surface area contributed by atoms with Crippen molar-refractivity contribution in [3.63, 3.8) is 0 Å². The highest BCUT2D eigenvalue weighted by atomic mass is 16.5. The number of unbranched alkanes of at least 4 members (excludes halogenated alkanes) is 3. The van der Waals surface area contributed by atoms with Gasteiger partial charge in [0.1, 0.15) is 6.61 Å². The van der Waals surface area contributed by atoms with Gasteiger partial charge in [0, 0.05) is 13.0 Å². The number of hydrogen-bond acceptors (Lipinski definition) is 3. The zero-order valence-corrected chi connectivity index (χ0v) is 9.83. The largest absolute Gasteiger partial charge is 0.480 e. The van der Waals surface area contributed by atoms with E-state index in [1.54, 1.807) is 0 Å². The summed E-state index contributed by atoms with van der Waals surface area (Å²) in [5.41, 5.74) is 0. The lowest BCUT2D eigenvalue weighted by atomic mass is 10.1. The van der Waals surface area contributed by atoms with E-state index in [-0.39, 0.29) is 19.1 Å². The number of amides is 1. The summed E-state index contributed by atoms with van der Waals surface area (Å²) in [7, 11) is 0. The average molecular weight is 231 g/mol. The fourth-order valence-electron chi connectivity index (χ4n) is 1.22. The number of carboxylic acids is 1. The van der Waals surface area contributed by atoms with Crippen LogP contribution in [0.3, 0.4) is 0 Å². The Bertz CT molecular complexity index is 206. The minimum absolute atomic E-state index is 0.00929. The molecule has 16 heavy (non-hydrogen) atoms. The van der Waals surface area contributed by atoms with Crippen molar-refractivity contribution in [1.29, 1.82) is 0 Å². The Morgan fingerprint density at radius 1 is 1.25 bits per heavy atom. The van der Waals surface area contributed by atoms with Crippen molar-refractivity contribution in [2.45, 2.75) is 39.0 Å². The second-order valence-corrected chi connectivity index (χ2v) is 3.61. The maximum absolute atomic E-state index is 11.2. The molecule has 1 amide bonds. The third-order valence-electron chi connectivity index (χ3n) is 2.05. The van der Waals surface area contributed by atoms with Crippen molar-refractivity contribution in [1.82, 2.24) is 5.32 Å². The predicted octanol–water partition coefficient (Wildman–Crippen LogP) is 1.17. The molecule has 2 N–H and O–H groups in total. The summed E-state index contributed by atoms with van der Waals surface area (Å²) in [4.78, 5) is 21.3. The van der Waals surface area contributed by atoms with Crippen molar-refractivity contribution in [2.75, 3.05) is 19.8 Å². The zero-order valence-electron chi connectivity index (χ0n) is 9.83. The molecule has 0 spiro atoms. The molecule has 94 valence electrons. The van der Waals surface area contributed by atoms with Crippen molar-refractivity contribution in [2.24, 2.45) is 0 Å². The first kappa shape index (κ1) is 14.9. The fraction of sp³-hybridized carbons (Fsp3) is 0.818. The molecule has 0 bridgehead atoms. The Morgan fingerprint density at radius 2 is 2.00 bits per heavy atom.